The highest BCUT2D eigenvalue weighted by Gasteiger charge is 2.46. The van der Waals surface area contributed by atoms with E-state index >= 15 is 0 Å². The van der Waals surface area contributed by atoms with Gasteiger partial charge in [-0.05, 0) is 44.4 Å². The summed E-state index contributed by atoms with van der Waals surface area (Å²) < 4.78 is 13.4. The van der Waals surface area contributed by atoms with Crippen molar-refractivity contribution in [3.8, 4) is 0 Å². The first-order valence-electron chi connectivity index (χ1n) is 7.22. The number of benzene rings is 1. The predicted octanol–water partition coefficient (Wildman–Crippen LogP) is 2.85. The summed E-state index contributed by atoms with van der Waals surface area (Å²) in [6.45, 7) is 3.67. The normalized spacial score (nSPS) is 30.7. The van der Waals surface area contributed by atoms with Gasteiger partial charge in [0.1, 0.15) is 5.82 Å². The van der Waals surface area contributed by atoms with E-state index in [9.17, 15) is 4.39 Å². The van der Waals surface area contributed by atoms with E-state index in [1.165, 1.54) is 25.0 Å². The molecule has 1 aromatic rings. The molecule has 0 spiro atoms. The maximum Gasteiger partial charge on any atom is 0.125 e. The topological polar surface area (TPSA) is 41.3 Å². The van der Waals surface area contributed by atoms with Crippen LogP contribution in [0.1, 0.15) is 26.2 Å². The summed E-state index contributed by atoms with van der Waals surface area (Å²) in [4.78, 5) is 2.52. The number of anilines is 1. The van der Waals surface area contributed by atoms with Gasteiger partial charge in [-0.15, -0.1) is 0 Å². The van der Waals surface area contributed by atoms with Gasteiger partial charge in [0.2, 0.25) is 0 Å². The molecule has 20 heavy (non-hydrogen) atoms. The summed E-state index contributed by atoms with van der Waals surface area (Å²) in [5.74, 6) is -0.283. The predicted molar refractivity (Wildman–Crippen MR) is 80.6 cm³/mol. The van der Waals surface area contributed by atoms with Crippen molar-refractivity contribution in [1.82, 2.24) is 4.90 Å². The van der Waals surface area contributed by atoms with Gasteiger partial charge in [-0.1, -0.05) is 11.6 Å². The second-order valence-electron chi connectivity index (χ2n) is 6.19. The molecule has 2 aliphatic rings. The molecular formula is C15H21ClFN3. The molecule has 1 aliphatic heterocycles. The van der Waals surface area contributed by atoms with E-state index in [1.54, 1.807) is 6.07 Å². The Hall–Kier alpha value is -0.840. The molecule has 0 radical (unpaired) electrons. The number of halogens is 2. The van der Waals surface area contributed by atoms with E-state index in [0.717, 1.165) is 13.0 Å². The second-order valence-corrected chi connectivity index (χ2v) is 6.60. The number of hydrogen-bond donors (Lipinski definition) is 2. The summed E-state index contributed by atoms with van der Waals surface area (Å²) >= 11 is 6.16. The van der Waals surface area contributed by atoms with Gasteiger partial charge in [0.05, 0.1) is 16.2 Å². The van der Waals surface area contributed by atoms with Crippen molar-refractivity contribution < 1.29 is 4.39 Å². The highest BCUT2D eigenvalue weighted by molar-refractivity contribution is 6.33. The molecule has 110 valence electrons. The number of rotatable bonds is 4. The van der Waals surface area contributed by atoms with Gasteiger partial charge < -0.3 is 11.1 Å². The van der Waals surface area contributed by atoms with Crippen LogP contribution in [0.4, 0.5) is 10.1 Å². The van der Waals surface area contributed by atoms with E-state index in [-0.39, 0.29) is 11.4 Å². The molecule has 2 unspecified atom stereocenters. The first kappa shape index (κ1) is 14.1. The van der Waals surface area contributed by atoms with Gasteiger partial charge in [-0.3, -0.25) is 4.90 Å². The lowest BCUT2D eigenvalue weighted by molar-refractivity contribution is 0.252. The molecule has 1 aliphatic carbocycles. The average molecular weight is 298 g/mol. The SMILES string of the molecule is CC1CC(CN)(Nc2cc(F)ccc2Cl)CN1C1CC1. The molecule has 3 N–H and O–H groups in total. The van der Waals surface area contributed by atoms with Crippen LogP contribution >= 0.6 is 11.6 Å². The van der Waals surface area contributed by atoms with Crippen LogP contribution in [0.2, 0.25) is 5.02 Å². The van der Waals surface area contributed by atoms with E-state index in [1.807, 2.05) is 0 Å². The molecule has 3 nitrogen and oxygen atoms in total. The maximum absolute atomic E-state index is 13.4. The lowest BCUT2D eigenvalue weighted by Crippen LogP contribution is -2.48. The fraction of sp³-hybridized carbons (Fsp3) is 0.600. The molecule has 0 amide bonds. The van der Waals surface area contributed by atoms with Crippen LogP contribution in [0.3, 0.4) is 0 Å². The summed E-state index contributed by atoms with van der Waals surface area (Å²) in [5.41, 5.74) is 6.46. The standard InChI is InChI=1S/C15H21ClFN3/c1-10-7-15(8-18,9-20(10)12-3-4-12)19-14-6-11(17)2-5-13(14)16/h2,5-6,10,12,19H,3-4,7-9,18H2,1H3. The summed E-state index contributed by atoms with van der Waals surface area (Å²) in [7, 11) is 0. The molecule has 1 saturated carbocycles. The molecule has 2 fully saturated rings. The van der Waals surface area contributed by atoms with Crippen LogP contribution in [0.25, 0.3) is 0 Å². The second kappa shape index (κ2) is 5.17. The Labute approximate surface area is 124 Å². The molecule has 2 atom stereocenters. The minimum absolute atomic E-state index is 0.209. The van der Waals surface area contributed by atoms with Gasteiger partial charge in [0.25, 0.3) is 0 Å². The quantitative estimate of drug-likeness (QED) is 0.898. The first-order chi connectivity index (χ1) is 9.53. The largest absolute Gasteiger partial charge is 0.376 e. The lowest BCUT2D eigenvalue weighted by Gasteiger charge is -2.31. The first-order valence-corrected chi connectivity index (χ1v) is 7.60. The number of nitrogens with one attached hydrogen (secondary N) is 1. The number of likely N-dealkylation sites (tertiary alicyclic amines) is 1. The minimum Gasteiger partial charge on any atom is -0.376 e. The summed E-state index contributed by atoms with van der Waals surface area (Å²) in [6.07, 6.45) is 3.53. The Morgan fingerprint density at radius 3 is 2.90 bits per heavy atom. The molecule has 1 saturated heterocycles. The van der Waals surface area contributed by atoms with Crippen molar-refractivity contribution in [2.45, 2.75) is 43.8 Å². The van der Waals surface area contributed by atoms with Crippen LogP contribution in [-0.2, 0) is 0 Å². The average Bonchev–Trinajstić information content (AvgIpc) is 3.20. The highest BCUT2D eigenvalue weighted by atomic mass is 35.5. The van der Waals surface area contributed by atoms with Crippen molar-refractivity contribution in [2.75, 3.05) is 18.4 Å². The molecule has 0 bridgehead atoms. The number of nitrogens with zero attached hydrogens (tertiary/aromatic N) is 1. The Kier molecular flexibility index (Phi) is 3.65. The smallest absolute Gasteiger partial charge is 0.125 e. The zero-order valence-corrected chi connectivity index (χ0v) is 12.5. The fourth-order valence-corrected chi connectivity index (χ4v) is 3.48. The Morgan fingerprint density at radius 1 is 1.50 bits per heavy atom. The van der Waals surface area contributed by atoms with Crippen LogP contribution in [0.5, 0.6) is 0 Å². The van der Waals surface area contributed by atoms with Crippen LogP contribution < -0.4 is 11.1 Å². The number of hydrogen-bond acceptors (Lipinski definition) is 3. The third-order valence-corrected chi connectivity index (χ3v) is 4.80. The third kappa shape index (κ3) is 2.65. The van der Waals surface area contributed by atoms with Crippen molar-refractivity contribution in [3.05, 3.63) is 29.0 Å². The van der Waals surface area contributed by atoms with E-state index < -0.39 is 0 Å². The van der Waals surface area contributed by atoms with Crippen molar-refractivity contribution in [1.29, 1.82) is 0 Å². The van der Waals surface area contributed by atoms with Gasteiger partial charge in [-0.25, -0.2) is 4.39 Å². The van der Waals surface area contributed by atoms with E-state index in [2.05, 4.69) is 17.1 Å². The van der Waals surface area contributed by atoms with E-state index in [0.29, 0.717) is 29.3 Å². The summed E-state index contributed by atoms with van der Waals surface area (Å²) in [5, 5.41) is 3.96. The molecule has 1 aromatic carbocycles. The molecule has 5 heteroatoms. The zero-order chi connectivity index (χ0) is 14.3. The Bertz CT molecular complexity index is 506. The van der Waals surface area contributed by atoms with Gasteiger partial charge in [0, 0.05) is 25.2 Å². The lowest BCUT2D eigenvalue weighted by atomic mass is 9.96. The van der Waals surface area contributed by atoms with Gasteiger partial charge in [0.15, 0.2) is 0 Å². The van der Waals surface area contributed by atoms with Crippen LogP contribution in [-0.4, -0.2) is 35.6 Å². The van der Waals surface area contributed by atoms with Crippen LogP contribution in [0.15, 0.2) is 18.2 Å². The minimum atomic E-state index is -0.283. The van der Waals surface area contributed by atoms with E-state index in [4.69, 9.17) is 17.3 Å². The zero-order valence-electron chi connectivity index (χ0n) is 11.7. The number of nitrogens with two attached hydrogens (primary N) is 1. The Balaban J connectivity index is 1.81. The van der Waals surface area contributed by atoms with Gasteiger partial charge >= 0.3 is 0 Å². The van der Waals surface area contributed by atoms with Crippen LogP contribution in [0, 0.1) is 5.82 Å². The molecule has 1 heterocycles. The Morgan fingerprint density at radius 2 is 2.25 bits per heavy atom. The van der Waals surface area contributed by atoms with Crippen molar-refractivity contribution in [3.63, 3.8) is 0 Å². The molecular weight excluding hydrogens is 277 g/mol. The summed E-state index contributed by atoms with van der Waals surface area (Å²) in [6, 6.07) is 5.62. The van der Waals surface area contributed by atoms with Crippen molar-refractivity contribution >= 4 is 17.3 Å². The fourth-order valence-electron chi connectivity index (χ4n) is 3.32. The molecule has 0 aromatic heterocycles. The van der Waals surface area contributed by atoms with Gasteiger partial charge in [-0.2, -0.15) is 0 Å². The third-order valence-electron chi connectivity index (χ3n) is 4.47. The highest BCUT2D eigenvalue weighted by Crippen LogP contribution is 2.39. The monoisotopic (exact) mass is 297 g/mol. The molecule has 3 rings (SSSR count). The van der Waals surface area contributed by atoms with Crippen molar-refractivity contribution in [2.24, 2.45) is 5.73 Å². The maximum atomic E-state index is 13.4.